The maximum atomic E-state index is 3.73. The van der Waals surface area contributed by atoms with Gasteiger partial charge < -0.3 is 10.2 Å². The Morgan fingerprint density at radius 3 is 2.93 bits per heavy atom. The molecule has 15 heavy (non-hydrogen) atoms. The van der Waals surface area contributed by atoms with Crippen molar-refractivity contribution in [3.63, 3.8) is 0 Å². The molecule has 1 fully saturated rings. The number of nitrogens with zero attached hydrogens (tertiary/aromatic N) is 1. The molecule has 1 aliphatic carbocycles. The largest absolute Gasteiger partial charge is 0.312 e. The van der Waals surface area contributed by atoms with Gasteiger partial charge in [-0.3, -0.25) is 0 Å². The second-order valence-corrected chi connectivity index (χ2v) is 5.02. The molecule has 2 rings (SSSR count). The van der Waals surface area contributed by atoms with Crippen molar-refractivity contribution >= 4 is 0 Å². The van der Waals surface area contributed by atoms with Crippen molar-refractivity contribution in [3.05, 3.63) is 12.2 Å². The van der Waals surface area contributed by atoms with E-state index in [1.165, 1.54) is 51.6 Å². The standard InChI is InChI=1S/C13H24N2/c1-15-10-6-5-9-13(15)11-14-12-7-3-2-4-8-12/h2-3,12-14H,4-11H2,1H3. The maximum absolute atomic E-state index is 3.73. The van der Waals surface area contributed by atoms with Crippen molar-refractivity contribution in [1.29, 1.82) is 0 Å². The van der Waals surface area contributed by atoms with Crippen LogP contribution in [0.5, 0.6) is 0 Å². The van der Waals surface area contributed by atoms with Crippen LogP contribution in [0.25, 0.3) is 0 Å². The van der Waals surface area contributed by atoms with Gasteiger partial charge in [0.05, 0.1) is 0 Å². The Morgan fingerprint density at radius 2 is 2.20 bits per heavy atom. The van der Waals surface area contributed by atoms with E-state index in [4.69, 9.17) is 0 Å². The summed E-state index contributed by atoms with van der Waals surface area (Å²) in [4.78, 5) is 2.52. The van der Waals surface area contributed by atoms with E-state index in [9.17, 15) is 0 Å². The highest BCUT2D eigenvalue weighted by Crippen LogP contribution is 2.15. The lowest BCUT2D eigenvalue weighted by Crippen LogP contribution is -2.45. The van der Waals surface area contributed by atoms with Crippen LogP contribution < -0.4 is 5.32 Å². The fourth-order valence-electron chi connectivity index (χ4n) is 2.68. The summed E-state index contributed by atoms with van der Waals surface area (Å²) >= 11 is 0. The van der Waals surface area contributed by atoms with E-state index in [0.29, 0.717) is 0 Å². The molecule has 2 nitrogen and oxygen atoms in total. The average Bonchev–Trinajstić information content (AvgIpc) is 2.29. The van der Waals surface area contributed by atoms with Gasteiger partial charge in [0.15, 0.2) is 0 Å². The molecule has 0 amide bonds. The van der Waals surface area contributed by atoms with Crippen molar-refractivity contribution in [2.45, 2.75) is 50.6 Å². The summed E-state index contributed by atoms with van der Waals surface area (Å²) in [5.41, 5.74) is 0. The molecule has 86 valence electrons. The Labute approximate surface area is 93.7 Å². The van der Waals surface area contributed by atoms with Crippen LogP contribution in [-0.2, 0) is 0 Å². The van der Waals surface area contributed by atoms with Gasteiger partial charge in [-0.1, -0.05) is 18.6 Å². The Hall–Kier alpha value is -0.340. The average molecular weight is 208 g/mol. The monoisotopic (exact) mass is 208 g/mol. The number of likely N-dealkylation sites (N-methyl/N-ethyl adjacent to an activating group) is 1. The lowest BCUT2D eigenvalue weighted by atomic mass is 9.99. The predicted molar refractivity (Wildman–Crippen MR) is 65.1 cm³/mol. The molecule has 0 spiro atoms. The normalized spacial score (nSPS) is 33.1. The highest BCUT2D eigenvalue weighted by Gasteiger charge is 2.19. The van der Waals surface area contributed by atoms with Gasteiger partial charge in [0, 0.05) is 18.6 Å². The van der Waals surface area contributed by atoms with E-state index >= 15 is 0 Å². The minimum Gasteiger partial charge on any atom is -0.312 e. The first-order chi connectivity index (χ1) is 7.36. The van der Waals surface area contributed by atoms with Crippen molar-refractivity contribution in [1.82, 2.24) is 10.2 Å². The fourth-order valence-corrected chi connectivity index (χ4v) is 2.68. The lowest BCUT2D eigenvalue weighted by Gasteiger charge is -2.34. The summed E-state index contributed by atoms with van der Waals surface area (Å²) in [5, 5.41) is 3.73. The zero-order valence-electron chi connectivity index (χ0n) is 9.91. The molecule has 0 radical (unpaired) electrons. The van der Waals surface area contributed by atoms with E-state index in [1.807, 2.05) is 0 Å². The first-order valence-electron chi connectivity index (χ1n) is 6.45. The van der Waals surface area contributed by atoms with E-state index < -0.39 is 0 Å². The second-order valence-electron chi connectivity index (χ2n) is 5.02. The Morgan fingerprint density at radius 1 is 1.27 bits per heavy atom. The molecule has 0 saturated carbocycles. The molecule has 1 N–H and O–H groups in total. The third-order valence-electron chi connectivity index (χ3n) is 3.83. The molecular formula is C13H24N2. The number of hydrogen-bond donors (Lipinski definition) is 1. The molecule has 1 saturated heterocycles. The third-order valence-corrected chi connectivity index (χ3v) is 3.83. The van der Waals surface area contributed by atoms with Gasteiger partial charge in [-0.25, -0.2) is 0 Å². The zero-order chi connectivity index (χ0) is 10.5. The fraction of sp³-hybridized carbons (Fsp3) is 0.846. The number of allylic oxidation sites excluding steroid dienone is 1. The van der Waals surface area contributed by atoms with Gasteiger partial charge >= 0.3 is 0 Å². The predicted octanol–water partition coefficient (Wildman–Crippen LogP) is 2.17. The second kappa shape index (κ2) is 5.66. The Balaban J connectivity index is 1.69. The molecule has 0 aromatic rings. The molecule has 0 aromatic heterocycles. The zero-order valence-corrected chi connectivity index (χ0v) is 9.91. The number of hydrogen-bond acceptors (Lipinski definition) is 2. The molecule has 1 heterocycles. The molecule has 2 heteroatoms. The van der Waals surface area contributed by atoms with E-state index in [-0.39, 0.29) is 0 Å². The maximum Gasteiger partial charge on any atom is 0.0217 e. The molecule has 1 aliphatic heterocycles. The first kappa shape index (κ1) is 11.2. The number of likely N-dealkylation sites (tertiary alicyclic amines) is 1. The van der Waals surface area contributed by atoms with Gasteiger partial charge in [0.1, 0.15) is 0 Å². The minimum atomic E-state index is 0.741. The van der Waals surface area contributed by atoms with Crippen molar-refractivity contribution in [2.75, 3.05) is 20.1 Å². The van der Waals surface area contributed by atoms with Crippen LogP contribution in [0, 0.1) is 0 Å². The summed E-state index contributed by atoms with van der Waals surface area (Å²) in [6.07, 6.45) is 12.6. The lowest BCUT2D eigenvalue weighted by molar-refractivity contribution is 0.177. The minimum absolute atomic E-state index is 0.741. The smallest absolute Gasteiger partial charge is 0.0217 e. The van der Waals surface area contributed by atoms with Crippen LogP contribution in [0.4, 0.5) is 0 Å². The number of nitrogens with one attached hydrogen (secondary N) is 1. The van der Waals surface area contributed by atoms with Crippen LogP contribution in [0.15, 0.2) is 12.2 Å². The highest BCUT2D eigenvalue weighted by molar-refractivity contribution is 4.93. The van der Waals surface area contributed by atoms with Crippen LogP contribution in [0.3, 0.4) is 0 Å². The molecule has 2 atom stereocenters. The Kier molecular flexibility index (Phi) is 4.21. The summed E-state index contributed by atoms with van der Waals surface area (Å²) in [6, 6.07) is 1.52. The third kappa shape index (κ3) is 3.32. The van der Waals surface area contributed by atoms with Crippen LogP contribution >= 0.6 is 0 Å². The quantitative estimate of drug-likeness (QED) is 0.715. The van der Waals surface area contributed by atoms with E-state index in [2.05, 4.69) is 29.4 Å². The van der Waals surface area contributed by atoms with Crippen LogP contribution in [0.1, 0.15) is 38.5 Å². The summed E-state index contributed by atoms with van der Waals surface area (Å²) < 4.78 is 0. The molecule has 0 bridgehead atoms. The topological polar surface area (TPSA) is 15.3 Å². The van der Waals surface area contributed by atoms with Gasteiger partial charge in [-0.15, -0.1) is 0 Å². The first-order valence-corrected chi connectivity index (χ1v) is 6.45. The number of rotatable bonds is 3. The SMILES string of the molecule is CN1CCCCC1CNC1CC=CCC1. The molecular weight excluding hydrogens is 184 g/mol. The van der Waals surface area contributed by atoms with Gasteiger partial charge in [-0.2, -0.15) is 0 Å². The highest BCUT2D eigenvalue weighted by atomic mass is 15.2. The Bertz CT molecular complexity index is 213. The number of piperidine rings is 1. The van der Waals surface area contributed by atoms with E-state index in [0.717, 1.165) is 12.1 Å². The molecule has 0 aromatic carbocycles. The molecule has 2 aliphatic rings. The van der Waals surface area contributed by atoms with Gasteiger partial charge in [0.25, 0.3) is 0 Å². The van der Waals surface area contributed by atoms with Gasteiger partial charge in [0.2, 0.25) is 0 Å². The molecule has 2 unspecified atom stereocenters. The summed E-state index contributed by atoms with van der Waals surface area (Å²) in [7, 11) is 2.27. The van der Waals surface area contributed by atoms with Crippen molar-refractivity contribution in [2.24, 2.45) is 0 Å². The summed E-state index contributed by atoms with van der Waals surface area (Å²) in [6.45, 7) is 2.48. The van der Waals surface area contributed by atoms with Crippen molar-refractivity contribution < 1.29 is 0 Å². The van der Waals surface area contributed by atoms with Crippen molar-refractivity contribution in [3.8, 4) is 0 Å². The summed E-state index contributed by atoms with van der Waals surface area (Å²) in [5.74, 6) is 0. The van der Waals surface area contributed by atoms with Crippen LogP contribution in [-0.4, -0.2) is 37.1 Å². The van der Waals surface area contributed by atoms with Gasteiger partial charge in [-0.05, 0) is 45.7 Å². The van der Waals surface area contributed by atoms with Crippen LogP contribution in [0.2, 0.25) is 0 Å². The van der Waals surface area contributed by atoms with E-state index in [1.54, 1.807) is 0 Å².